The Morgan fingerprint density at radius 2 is 2.32 bits per heavy atom. The molecule has 0 bridgehead atoms. The van der Waals surface area contributed by atoms with E-state index in [0.717, 1.165) is 43.2 Å². The number of ether oxygens (including phenoxy) is 1. The normalized spacial score (nSPS) is 15.6. The lowest BCUT2D eigenvalue weighted by Gasteiger charge is -2.21. The first-order valence-electron chi connectivity index (χ1n) is 7.47. The average Bonchev–Trinajstić information content (AvgIpc) is 3.18. The van der Waals surface area contributed by atoms with Gasteiger partial charge in [-0.25, -0.2) is 4.79 Å². The second kappa shape index (κ2) is 7.42. The van der Waals surface area contributed by atoms with Gasteiger partial charge in [-0.05, 0) is 30.2 Å². The number of hydrogen-bond acceptors (Lipinski definition) is 4. The van der Waals surface area contributed by atoms with E-state index in [4.69, 9.17) is 4.74 Å². The topological polar surface area (TPSA) is 68.2 Å². The van der Waals surface area contributed by atoms with Gasteiger partial charge in [0.25, 0.3) is 0 Å². The highest BCUT2D eigenvalue weighted by atomic mass is 32.1. The monoisotopic (exact) mass is 320 g/mol. The maximum absolute atomic E-state index is 11.8. The third kappa shape index (κ3) is 4.32. The van der Waals surface area contributed by atoms with E-state index in [-0.39, 0.29) is 6.03 Å². The van der Waals surface area contributed by atoms with Gasteiger partial charge in [0.2, 0.25) is 0 Å². The highest BCUT2D eigenvalue weighted by molar-refractivity contribution is 7.09. The van der Waals surface area contributed by atoms with Gasteiger partial charge in [-0.3, -0.25) is 4.68 Å². The van der Waals surface area contributed by atoms with Gasteiger partial charge in [0.15, 0.2) is 0 Å². The highest BCUT2D eigenvalue weighted by Gasteiger charge is 2.15. The quantitative estimate of drug-likeness (QED) is 0.890. The maximum Gasteiger partial charge on any atom is 0.319 e. The van der Waals surface area contributed by atoms with Crippen LogP contribution in [0.25, 0.3) is 0 Å². The molecule has 1 fully saturated rings. The molecule has 0 spiro atoms. The van der Waals surface area contributed by atoms with Crippen LogP contribution in [0.3, 0.4) is 0 Å². The Bertz CT molecular complexity index is 590. The van der Waals surface area contributed by atoms with Crippen molar-refractivity contribution in [1.29, 1.82) is 0 Å². The first-order valence-corrected chi connectivity index (χ1v) is 8.35. The fourth-order valence-electron chi connectivity index (χ4n) is 2.48. The predicted octanol–water partition coefficient (Wildman–Crippen LogP) is 2.69. The summed E-state index contributed by atoms with van der Waals surface area (Å²) in [7, 11) is 0. The number of nitrogens with zero attached hydrogens (tertiary/aromatic N) is 2. The van der Waals surface area contributed by atoms with Gasteiger partial charge in [-0.2, -0.15) is 5.10 Å². The van der Waals surface area contributed by atoms with Crippen LogP contribution in [-0.2, 0) is 17.8 Å². The van der Waals surface area contributed by atoms with Gasteiger partial charge in [0, 0.05) is 30.8 Å². The zero-order chi connectivity index (χ0) is 15.2. The zero-order valence-electron chi connectivity index (χ0n) is 12.3. The second-order valence-corrected chi connectivity index (χ2v) is 6.43. The fraction of sp³-hybridized carbons (Fsp3) is 0.467. The van der Waals surface area contributed by atoms with Crippen molar-refractivity contribution in [3.05, 3.63) is 34.8 Å². The number of rotatable bonds is 5. The van der Waals surface area contributed by atoms with E-state index in [1.54, 1.807) is 17.5 Å². The molecule has 6 nitrogen and oxygen atoms in total. The summed E-state index contributed by atoms with van der Waals surface area (Å²) in [5, 5.41) is 11.9. The van der Waals surface area contributed by atoms with Crippen LogP contribution < -0.4 is 10.6 Å². The number of hydrogen-bond donors (Lipinski definition) is 2. The molecule has 2 amide bonds. The van der Waals surface area contributed by atoms with Gasteiger partial charge >= 0.3 is 6.03 Å². The first-order chi connectivity index (χ1) is 10.8. The maximum atomic E-state index is 11.8. The van der Waals surface area contributed by atoms with E-state index in [1.807, 2.05) is 28.4 Å². The molecule has 0 aliphatic carbocycles. The van der Waals surface area contributed by atoms with Crippen LogP contribution in [0.15, 0.2) is 29.9 Å². The van der Waals surface area contributed by atoms with Crippen molar-refractivity contribution >= 4 is 23.1 Å². The number of carbonyl (C=O) groups is 1. The molecular weight excluding hydrogens is 300 g/mol. The second-order valence-electron chi connectivity index (χ2n) is 5.39. The summed E-state index contributed by atoms with van der Waals surface area (Å²) >= 11 is 1.63. The van der Waals surface area contributed by atoms with Crippen molar-refractivity contribution in [3.8, 4) is 0 Å². The van der Waals surface area contributed by atoms with E-state index in [2.05, 4.69) is 15.7 Å². The molecule has 3 rings (SSSR count). The van der Waals surface area contributed by atoms with Crippen LogP contribution in [0.2, 0.25) is 0 Å². The van der Waals surface area contributed by atoms with Crippen molar-refractivity contribution in [1.82, 2.24) is 15.1 Å². The SMILES string of the molecule is O=C(NCc1cccs1)Nc1cnn(CC2CCOCC2)c1. The van der Waals surface area contributed by atoms with Gasteiger partial charge in [-0.15, -0.1) is 11.3 Å². The molecule has 2 N–H and O–H groups in total. The molecule has 2 aromatic rings. The highest BCUT2D eigenvalue weighted by Crippen LogP contribution is 2.17. The Balaban J connectivity index is 1.45. The summed E-state index contributed by atoms with van der Waals surface area (Å²) in [6.07, 6.45) is 5.71. The smallest absolute Gasteiger partial charge is 0.319 e. The van der Waals surface area contributed by atoms with E-state index in [9.17, 15) is 4.79 Å². The van der Waals surface area contributed by atoms with Crippen molar-refractivity contribution < 1.29 is 9.53 Å². The number of urea groups is 1. The summed E-state index contributed by atoms with van der Waals surface area (Å²) in [6, 6.07) is 3.76. The molecule has 7 heteroatoms. The van der Waals surface area contributed by atoms with Crippen LogP contribution in [0, 0.1) is 5.92 Å². The van der Waals surface area contributed by atoms with E-state index < -0.39 is 0 Å². The molecule has 3 heterocycles. The molecule has 0 aromatic carbocycles. The molecule has 1 saturated heterocycles. The van der Waals surface area contributed by atoms with E-state index >= 15 is 0 Å². The summed E-state index contributed by atoms with van der Waals surface area (Å²) in [5.74, 6) is 0.606. The minimum absolute atomic E-state index is 0.209. The summed E-state index contributed by atoms with van der Waals surface area (Å²) < 4.78 is 7.25. The third-order valence-corrected chi connectivity index (χ3v) is 4.56. The van der Waals surface area contributed by atoms with Gasteiger partial charge < -0.3 is 15.4 Å². The molecule has 118 valence electrons. The molecule has 2 aromatic heterocycles. The van der Waals surface area contributed by atoms with Crippen molar-refractivity contribution in [2.24, 2.45) is 5.92 Å². The Hall–Kier alpha value is -1.86. The molecule has 22 heavy (non-hydrogen) atoms. The lowest BCUT2D eigenvalue weighted by atomic mass is 10.0. The Morgan fingerprint density at radius 3 is 3.09 bits per heavy atom. The Kier molecular flexibility index (Phi) is 5.07. The van der Waals surface area contributed by atoms with E-state index in [1.165, 1.54) is 0 Å². The lowest BCUT2D eigenvalue weighted by Crippen LogP contribution is -2.27. The minimum atomic E-state index is -0.209. The summed E-state index contributed by atoms with van der Waals surface area (Å²) in [6.45, 7) is 3.09. The van der Waals surface area contributed by atoms with Gasteiger partial charge in [-0.1, -0.05) is 6.07 Å². The largest absolute Gasteiger partial charge is 0.381 e. The van der Waals surface area contributed by atoms with Crippen molar-refractivity contribution in [3.63, 3.8) is 0 Å². The molecular formula is C15H20N4O2S. The number of thiophene rings is 1. The molecule has 0 saturated carbocycles. The Labute approximate surface area is 133 Å². The standard InChI is InChI=1S/C15H20N4O2S/c20-15(16-9-14-2-1-7-22-14)18-13-8-17-19(11-13)10-12-3-5-21-6-4-12/h1-2,7-8,11-12H,3-6,9-10H2,(H2,16,18,20). The lowest BCUT2D eigenvalue weighted by molar-refractivity contribution is 0.0601. The van der Waals surface area contributed by atoms with Gasteiger partial charge in [0.05, 0.1) is 18.4 Å². The Morgan fingerprint density at radius 1 is 1.45 bits per heavy atom. The summed E-state index contributed by atoms with van der Waals surface area (Å²) in [4.78, 5) is 13.0. The van der Waals surface area contributed by atoms with Crippen molar-refractivity contribution in [2.45, 2.75) is 25.9 Å². The average molecular weight is 320 g/mol. The zero-order valence-corrected chi connectivity index (χ0v) is 13.1. The number of aromatic nitrogens is 2. The van der Waals surface area contributed by atoms with Crippen LogP contribution >= 0.6 is 11.3 Å². The van der Waals surface area contributed by atoms with E-state index in [0.29, 0.717) is 12.5 Å². The molecule has 0 atom stereocenters. The first kappa shape index (κ1) is 15.1. The molecule has 1 aliphatic heterocycles. The minimum Gasteiger partial charge on any atom is -0.381 e. The van der Waals surface area contributed by atoms with Crippen LogP contribution in [0.1, 0.15) is 17.7 Å². The molecule has 0 unspecified atom stereocenters. The molecule has 0 radical (unpaired) electrons. The number of carbonyl (C=O) groups excluding carboxylic acids is 1. The number of amides is 2. The summed E-state index contributed by atoms with van der Waals surface area (Å²) in [5.41, 5.74) is 0.718. The van der Waals surface area contributed by atoms with Gasteiger partial charge in [0.1, 0.15) is 0 Å². The molecule has 1 aliphatic rings. The van der Waals surface area contributed by atoms with Crippen molar-refractivity contribution in [2.75, 3.05) is 18.5 Å². The fourth-order valence-corrected chi connectivity index (χ4v) is 3.12. The number of anilines is 1. The van der Waals surface area contributed by atoms with Crippen LogP contribution in [0.4, 0.5) is 10.5 Å². The van der Waals surface area contributed by atoms with Crippen LogP contribution in [-0.4, -0.2) is 29.0 Å². The number of nitrogens with one attached hydrogen (secondary N) is 2. The third-order valence-electron chi connectivity index (χ3n) is 3.68. The predicted molar refractivity (Wildman–Crippen MR) is 85.9 cm³/mol. The van der Waals surface area contributed by atoms with Crippen LogP contribution in [0.5, 0.6) is 0 Å².